The number of fused-ring (bicyclic) bond motifs is 1. The van der Waals surface area contributed by atoms with Gasteiger partial charge in [0, 0.05) is 50.4 Å². The minimum atomic E-state index is -0.561. The van der Waals surface area contributed by atoms with Crippen molar-refractivity contribution in [3.63, 3.8) is 0 Å². The van der Waals surface area contributed by atoms with Gasteiger partial charge in [0.1, 0.15) is 6.04 Å². The van der Waals surface area contributed by atoms with E-state index >= 15 is 0 Å². The molecule has 3 aliphatic rings. The first-order valence-corrected chi connectivity index (χ1v) is 8.87. The van der Waals surface area contributed by atoms with Crippen molar-refractivity contribution in [2.75, 3.05) is 31.1 Å². The molecule has 1 aromatic rings. The van der Waals surface area contributed by atoms with Gasteiger partial charge in [0.15, 0.2) is 0 Å². The maximum Gasteiger partial charge on any atom is 0.255 e. The molecule has 3 aliphatic heterocycles. The zero-order valence-electron chi connectivity index (χ0n) is 14.1. The number of nitrogens with one attached hydrogen (secondary N) is 2. The summed E-state index contributed by atoms with van der Waals surface area (Å²) in [6, 6.07) is 5.36. The molecule has 7 nitrogen and oxygen atoms in total. The van der Waals surface area contributed by atoms with Crippen LogP contribution in [0.25, 0.3) is 0 Å². The molecule has 25 heavy (non-hydrogen) atoms. The van der Waals surface area contributed by atoms with E-state index in [0.717, 1.165) is 37.4 Å². The summed E-state index contributed by atoms with van der Waals surface area (Å²) in [4.78, 5) is 40.5. The zero-order valence-corrected chi connectivity index (χ0v) is 14.1. The summed E-state index contributed by atoms with van der Waals surface area (Å²) in [5, 5.41) is 5.72. The summed E-state index contributed by atoms with van der Waals surface area (Å²) in [5.74, 6) is -0.722. The molecule has 0 unspecified atom stereocenters. The molecule has 2 saturated heterocycles. The Morgan fingerprint density at radius 1 is 1.08 bits per heavy atom. The van der Waals surface area contributed by atoms with Gasteiger partial charge in [0.05, 0.1) is 0 Å². The average Bonchev–Trinajstić information content (AvgIpc) is 2.84. The molecule has 2 N–H and O–H groups in total. The predicted octanol–water partition coefficient (Wildman–Crippen LogP) is 0.247. The van der Waals surface area contributed by atoms with Gasteiger partial charge in [-0.1, -0.05) is 0 Å². The van der Waals surface area contributed by atoms with Crippen LogP contribution in [0.4, 0.5) is 5.69 Å². The second-order valence-electron chi connectivity index (χ2n) is 6.83. The van der Waals surface area contributed by atoms with E-state index in [4.69, 9.17) is 0 Å². The van der Waals surface area contributed by atoms with Gasteiger partial charge in [-0.05, 0) is 36.6 Å². The molecular weight excluding hydrogens is 320 g/mol. The lowest BCUT2D eigenvalue weighted by Crippen LogP contribution is -2.46. The summed E-state index contributed by atoms with van der Waals surface area (Å²) >= 11 is 0. The van der Waals surface area contributed by atoms with Crippen molar-refractivity contribution in [1.82, 2.24) is 15.5 Å². The maximum atomic E-state index is 12.8. The third-order valence-corrected chi connectivity index (χ3v) is 5.23. The summed E-state index contributed by atoms with van der Waals surface area (Å²) < 4.78 is 0. The molecule has 0 aliphatic carbocycles. The number of carbonyl (C=O) groups excluding carboxylic acids is 3. The van der Waals surface area contributed by atoms with Crippen LogP contribution in [0.15, 0.2) is 18.2 Å². The second-order valence-corrected chi connectivity index (χ2v) is 6.83. The van der Waals surface area contributed by atoms with Crippen molar-refractivity contribution in [2.24, 2.45) is 0 Å². The number of imide groups is 1. The first kappa shape index (κ1) is 16.1. The summed E-state index contributed by atoms with van der Waals surface area (Å²) in [5.41, 5.74) is 2.75. The number of piperazine rings is 1. The number of rotatable bonds is 2. The Morgan fingerprint density at radius 2 is 1.88 bits per heavy atom. The molecule has 2 fully saturated rings. The Morgan fingerprint density at radius 3 is 2.68 bits per heavy atom. The number of hydrogen-bond donors (Lipinski definition) is 2. The Balaban J connectivity index is 1.56. The molecule has 0 bridgehead atoms. The van der Waals surface area contributed by atoms with E-state index < -0.39 is 6.04 Å². The third-order valence-electron chi connectivity index (χ3n) is 5.23. The third kappa shape index (κ3) is 3.00. The van der Waals surface area contributed by atoms with E-state index in [0.29, 0.717) is 31.4 Å². The van der Waals surface area contributed by atoms with Crippen LogP contribution in [-0.4, -0.2) is 54.8 Å². The quantitative estimate of drug-likeness (QED) is 0.753. The molecular formula is C18H22N4O3. The highest BCUT2D eigenvalue weighted by atomic mass is 16.2. The Bertz CT molecular complexity index is 727. The fourth-order valence-electron chi connectivity index (χ4n) is 3.87. The Kier molecular flexibility index (Phi) is 4.17. The van der Waals surface area contributed by atoms with Crippen LogP contribution < -0.4 is 15.5 Å². The molecule has 132 valence electrons. The van der Waals surface area contributed by atoms with Crippen LogP contribution in [0.5, 0.6) is 0 Å². The second kappa shape index (κ2) is 6.48. The number of carbonyl (C=O) groups is 3. The highest BCUT2D eigenvalue weighted by Gasteiger charge is 2.38. The summed E-state index contributed by atoms with van der Waals surface area (Å²) in [7, 11) is 0. The van der Waals surface area contributed by atoms with Gasteiger partial charge < -0.3 is 15.1 Å². The maximum absolute atomic E-state index is 12.8. The van der Waals surface area contributed by atoms with Crippen LogP contribution in [0, 0.1) is 0 Å². The van der Waals surface area contributed by atoms with Crippen LogP contribution in [0.2, 0.25) is 0 Å². The van der Waals surface area contributed by atoms with Gasteiger partial charge >= 0.3 is 0 Å². The number of benzene rings is 1. The molecule has 0 spiro atoms. The lowest BCUT2D eigenvalue weighted by molar-refractivity contribution is -0.132. The highest BCUT2D eigenvalue weighted by Crippen LogP contribution is 2.30. The number of hydrogen-bond acceptors (Lipinski definition) is 5. The monoisotopic (exact) mass is 342 g/mol. The highest BCUT2D eigenvalue weighted by molar-refractivity contribution is 6.04. The van der Waals surface area contributed by atoms with Crippen LogP contribution >= 0.6 is 0 Å². The molecule has 1 atom stereocenters. The molecule has 3 amide bonds. The van der Waals surface area contributed by atoms with Crippen LogP contribution in [0.1, 0.15) is 35.2 Å². The number of nitrogens with zero attached hydrogens (tertiary/aromatic N) is 2. The van der Waals surface area contributed by atoms with Gasteiger partial charge in [-0.2, -0.15) is 0 Å². The van der Waals surface area contributed by atoms with Crippen molar-refractivity contribution in [3.05, 3.63) is 29.3 Å². The van der Waals surface area contributed by atoms with E-state index in [9.17, 15) is 14.4 Å². The Labute approximate surface area is 146 Å². The van der Waals surface area contributed by atoms with Crippen molar-refractivity contribution < 1.29 is 14.4 Å². The van der Waals surface area contributed by atoms with Gasteiger partial charge in [0.25, 0.3) is 5.91 Å². The smallest absolute Gasteiger partial charge is 0.255 e. The average molecular weight is 342 g/mol. The van der Waals surface area contributed by atoms with Gasteiger partial charge in [0.2, 0.25) is 11.8 Å². The molecule has 0 radical (unpaired) electrons. The van der Waals surface area contributed by atoms with E-state index in [2.05, 4.69) is 21.6 Å². The molecule has 7 heteroatoms. The van der Waals surface area contributed by atoms with Crippen molar-refractivity contribution in [1.29, 1.82) is 0 Å². The summed E-state index contributed by atoms with van der Waals surface area (Å²) in [6.45, 7) is 4.24. The van der Waals surface area contributed by atoms with Crippen molar-refractivity contribution >= 4 is 23.4 Å². The first-order chi connectivity index (χ1) is 12.1. The van der Waals surface area contributed by atoms with E-state index in [1.165, 1.54) is 0 Å². The minimum absolute atomic E-state index is 0.114. The molecule has 0 aromatic heterocycles. The topological polar surface area (TPSA) is 81.8 Å². The molecule has 1 aromatic carbocycles. The predicted molar refractivity (Wildman–Crippen MR) is 92.2 cm³/mol. The van der Waals surface area contributed by atoms with Crippen molar-refractivity contribution in [3.8, 4) is 0 Å². The number of anilines is 1. The molecule has 0 saturated carbocycles. The van der Waals surface area contributed by atoms with E-state index in [1.54, 1.807) is 4.90 Å². The minimum Gasteiger partial charge on any atom is -0.369 e. The molecule has 4 rings (SSSR count). The normalized spacial score (nSPS) is 24.2. The van der Waals surface area contributed by atoms with E-state index in [1.807, 2.05) is 12.1 Å². The molecule has 3 heterocycles. The Hall–Kier alpha value is -2.41. The van der Waals surface area contributed by atoms with Gasteiger partial charge in [-0.3, -0.25) is 19.7 Å². The fraction of sp³-hybridized carbons (Fsp3) is 0.500. The summed E-state index contributed by atoms with van der Waals surface area (Å²) in [6.07, 6.45) is 1.49. The van der Waals surface area contributed by atoms with Gasteiger partial charge in [-0.15, -0.1) is 0 Å². The fourth-order valence-corrected chi connectivity index (χ4v) is 3.87. The van der Waals surface area contributed by atoms with E-state index in [-0.39, 0.29) is 17.7 Å². The number of amides is 3. The van der Waals surface area contributed by atoms with Crippen LogP contribution in [0.3, 0.4) is 0 Å². The first-order valence-electron chi connectivity index (χ1n) is 8.87. The largest absolute Gasteiger partial charge is 0.369 e. The lowest BCUT2D eigenvalue weighted by Gasteiger charge is -2.29. The lowest BCUT2D eigenvalue weighted by atomic mass is 10.1. The van der Waals surface area contributed by atoms with Crippen LogP contribution in [-0.2, 0) is 16.1 Å². The van der Waals surface area contributed by atoms with Gasteiger partial charge in [-0.25, -0.2) is 0 Å². The standard InChI is InChI=1S/C18H22N4O3/c23-16-3-1-2-15(17(24)20-16)22-11-12-10-13(4-5-14(12)18(22)25)21-8-6-19-7-9-21/h4-5,10,15,19H,1-3,6-9,11H2,(H,20,23,24)/t15-/m0/s1. The SMILES string of the molecule is O=C1CCC[C@H](N2Cc3cc(N4CCNCC4)ccc3C2=O)C(=O)N1. The zero-order chi connectivity index (χ0) is 17.4. The van der Waals surface area contributed by atoms with Crippen molar-refractivity contribution in [2.45, 2.75) is 31.8 Å².